The SMILES string of the molecule is COc1cc(C2(CNC(C)(C)C)CC=CC2)ccc1C. The molecule has 0 bridgehead atoms. The van der Waals surface area contributed by atoms with Gasteiger partial charge in [-0.2, -0.15) is 0 Å². The minimum Gasteiger partial charge on any atom is -0.496 e. The Morgan fingerprint density at radius 3 is 2.40 bits per heavy atom. The Hall–Kier alpha value is -1.28. The van der Waals surface area contributed by atoms with Crippen LogP contribution in [0.1, 0.15) is 44.7 Å². The minimum absolute atomic E-state index is 0.143. The summed E-state index contributed by atoms with van der Waals surface area (Å²) in [6.07, 6.45) is 6.80. The molecule has 0 aliphatic heterocycles. The van der Waals surface area contributed by atoms with Crippen LogP contribution in [-0.2, 0) is 5.41 Å². The molecule has 1 aromatic rings. The summed E-state index contributed by atoms with van der Waals surface area (Å²) < 4.78 is 5.49. The molecule has 0 radical (unpaired) electrons. The second kappa shape index (κ2) is 5.61. The van der Waals surface area contributed by atoms with Crippen LogP contribution in [-0.4, -0.2) is 19.2 Å². The van der Waals surface area contributed by atoms with Gasteiger partial charge in [-0.05, 0) is 57.7 Å². The van der Waals surface area contributed by atoms with Crippen LogP contribution in [0.25, 0.3) is 0 Å². The van der Waals surface area contributed by atoms with Crippen LogP contribution in [0.5, 0.6) is 5.75 Å². The monoisotopic (exact) mass is 273 g/mol. The Balaban J connectivity index is 2.28. The van der Waals surface area contributed by atoms with Crippen molar-refractivity contribution in [2.45, 2.75) is 51.5 Å². The third kappa shape index (κ3) is 3.24. The number of methoxy groups -OCH3 is 1. The van der Waals surface area contributed by atoms with Crippen LogP contribution in [0.3, 0.4) is 0 Å². The molecule has 2 nitrogen and oxygen atoms in total. The predicted octanol–water partition coefficient (Wildman–Crippen LogP) is 3.98. The van der Waals surface area contributed by atoms with E-state index >= 15 is 0 Å². The molecule has 0 unspecified atom stereocenters. The lowest BCUT2D eigenvalue weighted by Gasteiger charge is -2.34. The number of ether oxygens (including phenoxy) is 1. The van der Waals surface area contributed by atoms with Crippen LogP contribution in [0, 0.1) is 6.92 Å². The first-order chi connectivity index (χ1) is 9.36. The zero-order valence-electron chi connectivity index (χ0n) is 13.4. The summed E-state index contributed by atoms with van der Waals surface area (Å²) in [6, 6.07) is 6.65. The maximum absolute atomic E-state index is 5.49. The number of allylic oxidation sites excluding steroid dienone is 2. The van der Waals surface area contributed by atoms with Gasteiger partial charge in [0.05, 0.1) is 7.11 Å². The molecule has 1 aliphatic rings. The largest absolute Gasteiger partial charge is 0.496 e. The third-order valence-corrected chi connectivity index (χ3v) is 4.16. The average Bonchev–Trinajstić information content (AvgIpc) is 2.86. The van der Waals surface area contributed by atoms with Crippen LogP contribution < -0.4 is 10.1 Å². The van der Waals surface area contributed by atoms with E-state index in [1.54, 1.807) is 7.11 Å². The lowest BCUT2D eigenvalue weighted by molar-refractivity contribution is 0.338. The van der Waals surface area contributed by atoms with Gasteiger partial charge in [-0.1, -0.05) is 24.3 Å². The van der Waals surface area contributed by atoms with Gasteiger partial charge in [0.15, 0.2) is 0 Å². The highest BCUT2D eigenvalue weighted by atomic mass is 16.5. The van der Waals surface area contributed by atoms with E-state index in [0.29, 0.717) is 0 Å². The van der Waals surface area contributed by atoms with Gasteiger partial charge in [0.25, 0.3) is 0 Å². The molecule has 20 heavy (non-hydrogen) atoms. The lowest BCUT2D eigenvalue weighted by atomic mass is 9.77. The predicted molar refractivity (Wildman–Crippen MR) is 85.5 cm³/mol. The van der Waals surface area contributed by atoms with Crippen molar-refractivity contribution in [3.63, 3.8) is 0 Å². The van der Waals surface area contributed by atoms with Gasteiger partial charge in [0, 0.05) is 17.5 Å². The molecule has 0 heterocycles. The van der Waals surface area contributed by atoms with E-state index in [1.807, 2.05) is 0 Å². The highest BCUT2D eigenvalue weighted by Crippen LogP contribution is 2.39. The molecule has 0 amide bonds. The molecule has 2 rings (SSSR count). The molecule has 0 fully saturated rings. The molecule has 0 aromatic heterocycles. The zero-order valence-corrected chi connectivity index (χ0v) is 13.4. The van der Waals surface area contributed by atoms with Crippen molar-refractivity contribution in [1.29, 1.82) is 0 Å². The third-order valence-electron chi connectivity index (χ3n) is 4.16. The van der Waals surface area contributed by atoms with Gasteiger partial charge in [0.2, 0.25) is 0 Å². The summed E-state index contributed by atoms with van der Waals surface area (Å²) in [5.41, 5.74) is 2.89. The molecule has 0 spiro atoms. The number of rotatable bonds is 4. The highest BCUT2D eigenvalue weighted by Gasteiger charge is 2.34. The molecule has 1 aromatic carbocycles. The Labute approximate surface area is 123 Å². The number of benzene rings is 1. The fraction of sp³-hybridized carbons (Fsp3) is 0.556. The quantitative estimate of drug-likeness (QED) is 0.838. The van der Waals surface area contributed by atoms with Gasteiger partial charge in [-0.25, -0.2) is 0 Å². The fourth-order valence-electron chi connectivity index (χ4n) is 2.77. The molecule has 2 heteroatoms. The second-order valence-corrected chi connectivity index (χ2v) is 6.95. The van der Waals surface area contributed by atoms with Gasteiger partial charge in [-0.3, -0.25) is 0 Å². The van der Waals surface area contributed by atoms with E-state index < -0.39 is 0 Å². The summed E-state index contributed by atoms with van der Waals surface area (Å²) in [5, 5.41) is 3.67. The van der Waals surface area contributed by atoms with Crippen molar-refractivity contribution in [2.24, 2.45) is 0 Å². The van der Waals surface area contributed by atoms with E-state index in [9.17, 15) is 0 Å². The Kier molecular flexibility index (Phi) is 4.24. The summed E-state index contributed by atoms with van der Waals surface area (Å²) in [6.45, 7) is 9.75. The molecule has 110 valence electrons. The molecule has 0 saturated heterocycles. The Bertz CT molecular complexity index is 489. The normalized spacial score (nSPS) is 17.4. The molecule has 0 saturated carbocycles. The van der Waals surface area contributed by atoms with E-state index in [-0.39, 0.29) is 11.0 Å². The standard InChI is InChI=1S/C18H27NO/c1-14-8-9-15(12-16(14)20-5)18(10-6-7-11-18)13-19-17(2,3)4/h6-9,12,19H,10-11,13H2,1-5H3. The second-order valence-electron chi connectivity index (χ2n) is 6.95. The van der Waals surface area contributed by atoms with Crippen LogP contribution in [0.2, 0.25) is 0 Å². The Morgan fingerprint density at radius 2 is 1.85 bits per heavy atom. The van der Waals surface area contributed by atoms with Crippen molar-refractivity contribution < 1.29 is 4.74 Å². The zero-order chi connectivity index (χ0) is 14.8. The maximum Gasteiger partial charge on any atom is 0.122 e. The number of aryl methyl sites for hydroxylation is 1. The Morgan fingerprint density at radius 1 is 1.20 bits per heavy atom. The van der Waals surface area contributed by atoms with Crippen molar-refractivity contribution >= 4 is 0 Å². The fourth-order valence-corrected chi connectivity index (χ4v) is 2.77. The topological polar surface area (TPSA) is 21.3 Å². The lowest BCUT2D eigenvalue weighted by Crippen LogP contribution is -2.45. The first-order valence-electron chi connectivity index (χ1n) is 7.41. The van der Waals surface area contributed by atoms with E-state index in [4.69, 9.17) is 4.74 Å². The van der Waals surface area contributed by atoms with E-state index in [0.717, 1.165) is 25.1 Å². The summed E-state index contributed by atoms with van der Waals surface area (Å²) in [4.78, 5) is 0. The number of nitrogens with one attached hydrogen (secondary N) is 1. The first-order valence-corrected chi connectivity index (χ1v) is 7.41. The van der Waals surface area contributed by atoms with Crippen LogP contribution >= 0.6 is 0 Å². The summed E-state index contributed by atoms with van der Waals surface area (Å²) >= 11 is 0. The summed E-state index contributed by atoms with van der Waals surface area (Å²) in [7, 11) is 1.75. The van der Waals surface area contributed by atoms with Gasteiger partial charge >= 0.3 is 0 Å². The number of hydrogen-bond donors (Lipinski definition) is 1. The summed E-state index contributed by atoms with van der Waals surface area (Å²) in [5.74, 6) is 0.990. The van der Waals surface area contributed by atoms with E-state index in [1.165, 1.54) is 11.1 Å². The highest BCUT2D eigenvalue weighted by molar-refractivity contribution is 5.42. The number of hydrogen-bond acceptors (Lipinski definition) is 2. The molecule has 1 N–H and O–H groups in total. The smallest absolute Gasteiger partial charge is 0.122 e. The first kappa shape index (κ1) is 15.1. The maximum atomic E-state index is 5.49. The minimum atomic E-state index is 0.143. The van der Waals surface area contributed by atoms with Crippen molar-refractivity contribution in [1.82, 2.24) is 5.32 Å². The molecular formula is C18H27NO. The molecule has 0 atom stereocenters. The van der Waals surface area contributed by atoms with Gasteiger partial charge < -0.3 is 10.1 Å². The van der Waals surface area contributed by atoms with Gasteiger partial charge in [0.1, 0.15) is 5.75 Å². The van der Waals surface area contributed by atoms with E-state index in [2.05, 4.69) is 63.4 Å². The van der Waals surface area contributed by atoms with Crippen molar-refractivity contribution in [2.75, 3.05) is 13.7 Å². The van der Waals surface area contributed by atoms with Gasteiger partial charge in [-0.15, -0.1) is 0 Å². The van der Waals surface area contributed by atoms with Crippen LogP contribution in [0.15, 0.2) is 30.4 Å². The van der Waals surface area contributed by atoms with Crippen molar-refractivity contribution in [3.05, 3.63) is 41.5 Å². The average molecular weight is 273 g/mol. The molecule has 1 aliphatic carbocycles. The van der Waals surface area contributed by atoms with Crippen LogP contribution in [0.4, 0.5) is 0 Å². The van der Waals surface area contributed by atoms with Crippen molar-refractivity contribution in [3.8, 4) is 5.75 Å². The molecular weight excluding hydrogens is 246 g/mol.